The van der Waals surface area contributed by atoms with E-state index in [0.29, 0.717) is 23.6 Å². The van der Waals surface area contributed by atoms with Gasteiger partial charge in [0, 0.05) is 18.9 Å². The molecule has 1 saturated carbocycles. The van der Waals surface area contributed by atoms with Crippen LogP contribution in [-0.4, -0.2) is 34.3 Å². The van der Waals surface area contributed by atoms with Gasteiger partial charge in [0.05, 0.1) is 17.2 Å². The number of hydrogen-bond acceptors (Lipinski definition) is 4. The minimum atomic E-state index is -0.237. The second-order valence-electron chi connectivity index (χ2n) is 5.60. The van der Waals surface area contributed by atoms with Crippen molar-refractivity contribution >= 4 is 11.8 Å². The SMILES string of the molecule is NCC(C1CCCCC1)N1C(=O)c2ccncc2C1=O. The van der Waals surface area contributed by atoms with Crippen molar-refractivity contribution < 1.29 is 9.59 Å². The van der Waals surface area contributed by atoms with Crippen molar-refractivity contribution in [2.24, 2.45) is 11.7 Å². The Morgan fingerprint density at radius 1 is 1.20 bits per heavy atom. The molecule has 0 radical (unpaired) electrons. The molecule has 0 spiro atoms. The van der Waals surface area contributed by atoms with Gasteiger partial charge in [-0.25, -0.2) is 0 Å². The van der Waals surface area contributed by atoms with Gasteiger partial charge in [-0.05, 0) is 24.8 Å². The highest BCUT2D eigenvalue weighted by molar-refractivity contribution is 6.21. The summed E-state index contributed by atoms with van der Waals surface area (Å²) in [5, 5.41) is 0. The van der Waals surface area contributed by atoms with Crippen molar-refractivity contribution in [2.45, 2.75) is 38.1 Å². The van der Waals surface area contributed by atoms with Crippen LogP contribution in [0.4, 0.5) is 0 Å². The number of fused-ring (bicyclic) bond motifs is 1. The summed E-state index contributed by atoms with van der Waals surface area (Å²) in [6, 6.07) is 1.44. The number of hydrogen-bond donors (Lipinski definition) is 1. The van der Waals surface area contributed by atoms with E-state index in [1.807, 2.05) is 0 Å². The molecule has 0 aromatic carbocycles. The molecule has 1 aliphatic carbocycles. The molecule has 1 fully saturated rings. The van der Waals surface area contributed by atoms with Gasteiger partial charge in [0.25, 0.3) is 11.8 Å². The maximum Gasteiger partial charge on any atom is 0.263 e. The van der Waals surface area contributed by atoms with Gasteiger partial charge in [-0.3, -0.25) is 19.5 Å². The van der Waals surface area contributed by atoms with Crippen LogP contribution >= 0.6 is 0 Å². The summed E-state index contributed by atoms with van der Waals surface area (Å²) in [5.74, 6) is -0.114. The molecule has 2 amide bonds. The summed E-state index contributed by atoms with van der Waals surface area (Å²) in [6.45, 7) is 0.337. The number of carbonyl (C=O) groups excluding carboxylic acids is 2. The lowest BCUT2D eigenvalue weighted by Gasteiger charge is -2.34. The predicted molar refractivity (Wildman–Crippen MR) is 74.2 cm³/mol. The van der Waals surface area contributed by atoms with Crippen molar-refractivity contribution in [2.75, 3.05) is 6.54 Å². The molecule has 1 aromatic rings. The minimum absolute atomic E-state index is 0.178. The molecule has 0 saturated heterocycles. The number of carbonyl (C=O) groups is 2. The Kier molecular flexibility index (Phi) is 3.53. The second kappa shape index (κ2) is 5.32. The quantitative estimate of drug-likeness (QED) is 0.848. The van der Waals surface area contributed by atoms with E-state index in [-0.39, 0.29) is 17.9 Å². The molecule has 1 unspecified atom stereocenters. The van der Waals surface area contributed by atoms with Crippen LogP contribution in [0.15, 0.2) is 18.5 Å². The first-order chi connectivity index (χ1) is 9.74. The molecule has 106 valence electrons. The highest BCUT2D eigenvalue weighted by atomic mass is 16.2. The van der Waals surface area contributed by atoms with Crippen LogP contribution in [0.1, 0.15) is 52.8 Å². The van der Waals surface area contributed by atoms with Gasteiger partial charge in [0.2, 0.25) is 0 Å². The summed E-state index contributed by atoms with van der Waals surface area (Å²) >= 11 is 0. The fourth-order valence-electron chi connectivity index (χ4n) is 3.43. The third kappa shape index (κ3) is 2.02. The Hall–Kier alpha value is -1.75. The summed E-state index contributed by atoms with van der Waals surface area (Å²) in [5.41, 5.74) is 6.75. The number of rotatable bonds is 3. The molecule has 1 aromatic heterocycles. The van der Waals surface area contributed by atoms with Crippen LogP contribution in [0.3, 0.4) is 0 Å². The number of imide groups is 1. The van der Waals surface area contributed by atoms with Crippen molar-refractivity contribution in [3.8, 4) is 0 Å². The monoisotopic (exact) mass is 273 g/mol. The lowest BCUT2D eigenvalue weighted by Crippen LogP contribution is -2.49. The first kappa shape index (κ1) is 13.2. The van der Waals surface area contributed by atoms with E-state index < -0.39 is 0 Å². The van der Waals surface area contributed by atoms with Crippen LogP contribution in [0.25, 0.3) is 0 Å². The van der Waals surface area contributed by atoms with Crippen LogP contribution in [-0.2, 0) is 0 Å². The zero-order valence-corrected chi connectivity index (χ0v) is 11.4. The van der Waals surface area contributed by atoms with Gasteiger partial charge in [0.15, 0.2) is 0 Å². The topological polar surface area (TPSA) is 76.3 Å². The van der Waals surface area contributed by atoms with E-state index in [1.54, 1.807) is 12.3 Å². The van der Waals surface area contributed by atoms with E-state index in [1.165, 1.54) is 17.5 Å². The van der Waals surface area contributed by atoms with Gasteiger partial charge in [-0.2, -0.15) is 0 Å². The van der Waals surface area contributed by atoms with E-state index in [4.69, 9.17) is 5.73 Å². The fourth-order valence-corrected chi connectivity index (χ4v) is 3.43. The molecule has 5 heteroatoms. The first-order valence-electron chi connectivity index (χ1n) is 7.26. The third-order valence-electron chi connectivity index (χ3n) is 4.49. The lowest BCUT2D eigenvalue weighted by atomic mass is 9.83. The van der Waals surface area contributed by atoms with Gasteiger partial charge >= 0.3 is 0 Å². The van der Waals surface area contributed by atoms with Gasteiger partial charge in [-0.15, -0.1) is 0 Å². The third-order valence-corrected chi connectivity index (χ3v) is 4.49. The van der Waals surface area contributed by atoms with Crippen LogP contribution in [0, 0.1) is 5.92 Å². The molecule has 1 aliphatic heterocycles. The number of nitrogens with zero attached hydrogens (tertiary/aromatic N) is 2. The molecule has 0 bridgehead atoms. The Balaban J connectivity index is 1.90. The van der Waals surface area contributed by atoms with Crippen LogP contribution < -0.4 is 5.73 Å². The van der Waals surface area contributed by atoms with E-state index in [2.05, 4.69) is 4.98 Å². The zero-order valence-electron chi connectivity index (χ0n) is 11.4. The van der Waals surface area contributed by atoms with Crippen molar-refractivity contribution in [3.05, 3.63) is 29.6 Å². The summed E-state index contributed by atoms with van der Waals surface area (Å²) < 4.78 is 0. The molecule has 20 heavy (non-hydrogen) atoms. The van der Waals surface area contributed by atoms with Gasteiger partial charge in [0.1, 0.15) is 0 Å². The molecule has 5 nitrogen and oxygen atoms in total. The first-order valence-corrected chi connectivity index (χ1v) is 7.26. The number of aromatic nitrogens is 1. The number of nitrogens with two attached hydrogens (primary N) is 1. The normalized spacial score (nSPS) is 21.1. The molecular weight excluding hydrogens is 254 g/mol. The average molecular weight is 273 g/mol. The summed E-state index contributed by atoms with van der Waals surface area (Å²) in [4.78, 5) is 30.3. The molecular formula is C15H19N3O2. The van der Waals surface area contributed by atoms with Crippen LogP contribution in [0.5, 0.6) is 0 Å². The maximum absolute atomic E-state index is 12.5. The predicted octanol–water partition coefficient (Wildman–Crippen LogP) is 1.59. The Labute approximate surface area is 118 Å². The lowest BCUT2D eigenvalue weighted by molar-refractivity contribution is 0.0507. The number of amides is 2. The Bertz CT molecular complexity index is 503. The molecule has 2 heterocycles. The van der Waals surface area contributed by atoms with E-state index in [0.717, 1.165) is 25.7 Å². The highest BCUT2D eigenvalue weighted by Crippen LogP contribution is 2.32. The number of pyridine rings is 1. The summed E-state index contributed by atoms with van der Waals surface area (Å²) in [7, 11) is 0. The average Bonchev–Trinajstić information content (AvgIpc) is 2.75. The Morgan fingerprint density at radius 3 is 2.55 bits per heavy atom. The second-order valence-corrected chi connectivity index (χ2v) is 5.60. The van der Waals surface area contributed by atoms with E-state index in [9.17, 15) is 9.59 Å². The van der Waals surface area contributed by atoms with Crippen molar-refractivity contribution in [1.29, 1.82) is 0 Å². The molecule has 2 aliphatic rings. The maximum atomic E-state index is 12.5. The van der Waals surface area contributed by atoms with Crippen LogP contribution in [0.2, 0.25) is 0 Å². The highest BCUT2D eigenvalue weighted by Gasteiger charge is 2.42. The smallest absolute Gasteiger partial charge is 0.263 e. The van der Waals surface area contributed by atoms with Gasteiger partial charge < -0.3 is 5.73 Å². The molecule has 1 atom stereocenters. The van der Waals surface area contributed by atoms with Crippen molar-refractivity contribution in [1.82, 2.24) is 9.88 Å². The van der Waals surface area contributed by atoms with Gasteiger partial charge in [-0.1, -0.05) is 19.3 Å². The molecule has 3 rings (SSSR count). The van der Waals surface area contributed by atoms with E-state index >= 15 is 0 Å². The fraction of sp³-hybridized carbons (Fsp3) is 0.533. The largest absolute Gasteiger partial charge is 0.328 e. The molecule has 2 N–H and O–H groups in total. The summed E-state index contributed by atoms with van der Waals surface area (Å²) in [6.07, 6.45) is 8.67. The van der Waals surface area contributed by atoms with Crippen molar-refractivity contribution in [3.63, 3.8) is 0 Å². The standard InChI is InChI=1S/C15H19N3O2/c16-8-13(10-4-2-1-3-5-10)18-14(19)11-6-7-17-9-12(11)15(18)20/h6-7,9-10,13H,1-5,8,16H2. The zero-order chi connectivity index (χ0) is 14.1. The minimum Gasteiger partial charge on any atom is -0.328 e. The Morgan fingerprint density at radius 2 is 1.90 bits per heavy atom.